The largest absolute Gasteiger partial charge is 0.385 e. The first-order chi connectivity index (χ1) is 16.8. The number of aliphatic hydroxyl groups is 1. The van der Waals surface area contributed by atoms with Gasteiger partial charge in [-0.25, -0.2) is 13.8 Å². The van der Waals surface area contributed by atoms with Gasteiger partial charge in [-0.3, -0.25) is 4.79 Å². The smallest absolute Gasteiger partial charge is 0.253 e. The number of amides is 1. The Hall–Kier alpha value is -3.21. The molecule has 1 amide bonds. The van der Waals surface area contributed by atoms with Crippen LogP contribution in [0.25, 0.3) is 10.2 Å². The Morgan fingerprint density at radius 1 is 1.09 bits per heavy atom. The van der Waals surface area contributed by atoms with E-state index in [-0.39, 0.29) is 37.4 Å². The molecule has 0 aliphatic carbocycles. The lowest BCUT2D eigenvalue weighted by molar-refractivity contribution is -0.0240. The third-order valence-corrected chi connectivity index (χ3v) is 7.88. The average Bonchev–Trinajstić information content (AvgIpc) is 3.25. The van der Waals surface area contributed by atoms with E-state index in [0.29, 0.717) is 10.7 Å². The second kappa shape index (κ2) is 9.44. The quantitative estimate of drug-likeness (QED) is 0.310. The van der Waals surface area contributed by atoms with Gasteiger partial charge in [0, 0.05) is 29.9 Å². The highest BCUT2D eigenvalue weighted by Gasteiger charge is 2.38. The zero-order valence-corrected chi connectivity index (χ0v) is 20.1. The van der Waals surface area contributed by atoms with Crippen LogP contribution in [0.1, 0.15) is 28.8 Å². The number of carbonyl (C=O) groups is 1. The second-order valence-corrected chi connectivity index (χ2v) is 10.3. The molecule has 35 heavy (non-hydrogen) atoms. The Morgan fingerprint density at radius 2 is 1.80 bits per heavy atom. The first-order valence-corrected chi connectivity index (χ1v) is 12.6. The SMILES string of the molecule is Nc1nc2c(SNc3ccc(C(=O)N4CCC(O)(c5cccc(F)c5F)CC4)cc3)cccc2s1. The van der Waals surface area contributed by atoms with E-state index in [9.17, 15) is 18.7 Å². The number of nitrogens with zero attached hydrogens (tertiary/aromatic N) is 2. The molecule has 10 heteroatoms. The van der Waals surface area contributed by atoms with Gasteiger partial charge in [-0.1, -0.05) is 29.5 Å². The summed E-state index contributed by atoms with van der Waals surface area (Å²) in [5, 5.41) is 11.4. The topological polar surface area (TPSA) is 91.5 Å². The van der Waals surface area contributed by atoms with Crippen molar-refractivity contribution >= 4 is 50.2 Å². The van der Waals surface area contributed by atoms with Crippen molar-refractivity contribution in [3.63, 3.8) is 0 Å². The molecule has 4 N–H and O–H groups in total. The molecule has 0 bridgehead atoms. The van der Waals surface area contributed by atoms with Gasteiger partial charge in [0.2, 0.25) is 0 Å². The molecule has 2 heterocycles. The number of nitrogens with two attached hydrogens (primary N) is 1. The number of aromatic nitrogens is 1. The molecule has 1 aromatic heterocycles. The lowest BCUT2D eigenvalue weighted by atomic mass is 9.84. The van der Waals surface area contributed by atoms with E-state index in [4.69, 9.17) is 5.73 Å². The minimum Gasteiger partial charge on any atom is -0.385 e. The monoisotopic (exact) mass is 512 g/mol. The molecular weight excluding hydrogens is 490 g/mol. The standard InChI is InChI=1S/C25H22F2N4O2S2/c26-18-4-1-3-17(21(18)27)25(33)11-13-31(14-12-25)23(32)15-7-9-16(10-8-15)30-35-20-6-2-5-19-22(20)29-24(28)34-19/h1-10,30,33H,11-14H2,(H2,28,29). The van der Waals surface area contributed by atoms with Crippen LogP contribution >= 0.6 is 23.3 Å². The molecule has 180 valence electrons. The highest BCUT2D eigenvalue weighted by molar-refractivity contribution is 8.00. The maximum atomic E-state index is 14.2. The van der Waals surface area contributed by atoms with Gasteiger partial charge in [0.25, 0.3) is 5.91 Å². The molecule has 0 spiro atoms. The Kier molecular flexibility index (Phi) is 6.35. The molecule has 0 radical (unpaired) electrons. The number of benzene rings is 3. The van der Waals surface area contributed by atoms with Gasteiger partial charge in [0.05, 0.1) is 20.7 Å². The number of carbonyl (C=O) groups excluding carboxylic acids is 1. The molecule has 6 nitrogen and oxygen atoms in total. The van der Waals surface area contributed by atoms with E-state index in [2.05, 4.69) is 9.71 Å². The van der Waals surface area contributed by atoms with Crippen LogP contribution in [-0.4, -0.2) is 34.0 Å². The van der Waals surface area contributed by atoms with Gasteiger partial charge in [0.1, 0.15) is 0 Å². The van der Waals surface area contributed by atoms with Crippen LogP contribution in [0.3, 0.4) is 0 Å². The van der Waals surface area contributed by atoms with Crippen molar-refractivity contribution in [2.45, 2.75) is 23.3 Å². The Bertz CT molecular complexity index is 1390. The molecule has 1 aliphatic rings. The first-order valence-electron chi connectivity index (χ1n) is 11.0. The highest BCUT2D eigenvalue weighted by Crippen LogP contribution is 2.36. The minimum atomic E-state index is -1.50. The van der Waals surface area contributed by atoms with Crippen LogP contribution < -0.4 is 10.5 Å². The molecule has 4 aromatic rings. The summed E-state index contributed by atoms with van der Waals surface area (Å²) in [5.74, 6) is -2.20. The zero-order valence-electron chi connectivity index (χ0n) is 18.5. The fourth-order valence-corrected chi connectivity index (χ4v) is 5.80. The Labute approximate surface area is 208 Å². The number of thiazole rings is 1. The van der Waals surface area contributed by atoms with Gasteiger partial charge in [0.15, 0.2) is 16.8 Å². The van der Waals surface area contributed by atoms with Crippen molar-refractivity contribution in [3.05, 3.63) is 83.4 Å². The van der Waals surface area contributed by atoms with Gasteiger partial charge >= 0.3 is 0 Å². The number of hydrogen-bond donors (Lipinski definition) is 3. The Balaban J connectivity index is 1.21. The van der Waals surface area contributed by atoms with Gasteiger partial charge in [-0.05, 0) is 67.3 Å². The van der Waals surface area contributed by atoms with Crippen molar-refractivity contribution < 1.29 is 18.7 Å². The van der Waals surface area contributed by atoms with E-state index < -0.39 is 17.2 Å². The van der Waals surface area contributed by atoms with Crippen LogP contribution in [0.2, 0.25) is 0 Å². The average molecular weight is 513 g/mol. The predicted octanol–water partition coefficient (Wildman–Crippen LogP) is 5.40. The third kappa shape index (κ3) is 4.69. The second-order valence-electron chi connectivity index (χ2n) is 8.36. The summed E-state index contributed by atoms with van der Waals surface area (Å²) in [4.78, 5) is 19.9. The van der Waals surface area contributed by atoms with Crippen LogP contribution in [0.4, 0.5) is 19.6 Å². The number of para-hydroxylation sites is 1. The predicted molar refractivity (Wildman–Crippen MR) is 135 cm³/mol. The summed E-state index contributed by atoms with van der Waals surface area (Å²) in [6.45, 7) is 0.476. The van der Waals surface area contributed by atoms with E-state index >= 15 is 0 Å². The van der Waals surface area contributed by atoms with E-state index in [1.165, 1.54) is 35.4 Å². The number of anilines is 2. The molecule has 5 rings (SSSR count). The molecule has 1 aliphatic heterocycles. The van der Waals surface area contributed by atoms with Crippen LogP contribution in [0, 0.1) is 11.6 Å². The van der Waals surface area contributed by atoms with Crippen molar-refractivity contribution in [2.75, 3.05) is 23.5 Å². The summed E-state index contributed by atoms with van der Waals surface area (Å²) in [6, 6.07) is 16.8. The van der Waals surface area contributed by atoms with Crippen molar-refractivity contribution in [1.82, 2.24) is 9.88 Å². The highest BCUT2D eigenvalue weighted by atomic mass is 32.2. The number of nitrogens with one attached hydrogen (secondary N) is 1. The fourth-order valence-electron chi connectivity index (χ4n) is 4.21. The van der Waals surface area contributed by atoms with Crippen LogP contribution in [0.15, 0.2) is 65.6 Å². The summed E-state index contributed by atoms with van der Waals surface area (Å²) in [5.41, 5.74) is 6.45. The van der Waals surface area contributed by atoms with Crippen molar-refractivity contribution in [3.8, 4) is 0 Å². The number of likely N-dealkylation sites (tertiary alicyclic amines) is 1. The molecule has 0 unspecified atom stereocenters. The lowest BCUT2D eigenvalue weighted by Gasteiger charge is -2.38. The number of fused-ring (bicyclic) bond motifs is 1. The maximum Gasteiger partial charge on any atom is 0.253 e. The number of halogens is 2. The Morgan fingerprint density at radius 3 is 2.54 bits per heavy atom. The number of rotatable bonds is 5. The van der Waals surface area contributed by atoms with E-state index in [1.807, 2.05) is 30.3 Å². The zero-order chi connectivity index (χ0) is 24.6. The van der Waals surface area contributed by atoms with Gasteiger partial charge in [-0.2, -0.15) is 0 Å². The lowest BCUT2D eigenvalue weighted by Crippen LogP contribution is -2.45. The van der Waals surface area contributed by atoms with Gasteiger partial charge in [-0.15, -0.1) is 0 Å². The number of hydrogen-bond acceptors (Lipinski definition) is 7. The normalized spacial score (nSPS) is 15.3. The minimum absolute atomic E-state index is 0.0615. The molecule has 0 saturated carbocycles. The maximum absolute atomic E-state index is 14.2. The first kappa shape index (κ1) is 23.5. The van der Waals surface area contributed by atoms with Crippen molar-refractivity contribution in [1.29, 1.82) is 0 Å². The van der Waals surface area contributed by atoms with Crippen LogP contribution in [0.5, 0.6) is 0 Å². The molecule has 0 atom stereocenters. The number of nitrogen functional groups attached to an aromatic ring is 1. The van der Waals surface area contributed by atoms with Crippen molar-refractivity contribution in [2.24, 2.45) is 0 Å². The molecular formula is C25H22F2N4O2S2. The molecule has 3 aromatic carbocycles. The fraction of sp³-hybridized carbons (Fsp3) is 0.200. The third-order valence-electron chi connectivity index (χ3n) is 6.14. The number of piperidine rings is 1. The molecule has 1 saturated heterocycles. The summed E-state index contributed by atoms with van der Waals surface area (Å²) in [7, 11) is 0. The van der Waals surface area contributed by atoms with E-state index in [1.54, 1.807) is 17.0 Å². The van der Waals surface area contributed by atoms with Gasteiger partial charge < -0.3 is 20.5 Å². The molecule has 1 fully saturated rings. The summed E-state index contributed by atoms with van der Waals surface area (Å²) in [6.07, 6.45) is 0.254. The van der Waals surface area contributed by atoms with E-state index in [0.717, 1.165) is 26.9 Å². The summed E-state index contributed by atoms with van der Waals surface area (Å²) >= 11 is 2.86. The summed E-state index contributed by atoms with van der Waals surface area (Å²) < 4.78 is 32.1. The van der Waals surface area contributed by atoms with Crippen LogP contribution in [-0.2, 0) is 5.60 Å².